The quantitative estimate of drug-likeness (QED) is 0.893. The second kappa shape index (κ2) is 6.62. The number of ether oxygens (including phenoxy) is 1. The molecule has 2 unspecified atom stereocenters. The van der Waals surface area contributed by atoms with E-state index in [1.165, 1.54) is 7.11 Å². The van der Waals surface area contributed by atoms with E-state index in [-0.39, 0.29) is 18.1 Å². The highest BCUT2D eigenvalue weighted by molar-refractivity contribution is 5.96. The van der Waals surface area contributed by atoms with Crippen molar-refractivity contribution in [2.45, 2.75) is 31.4 Å². The Kier molecular flexibility index (Phi) is 4.59. The van der Waals surface area contributed by atoms with Gasteiger partial charge in [0.15, 0.2) is 0 Å². The lowest BCUT2D eigenvalue weighted by Gasteiger charge is -2.39. The van der Waals surface area contributed by atoms with E-state index in [2.05, 4.69) is 9.88 Å². The standard InChI is InChI=1S/C16H23N3O3/c1-22-15-12(4-3-7-17-15)16(21)19-10-8-18(9-11-19)13-5-2-6-14(13)20/h3-4,7,13-14,20H,2,5-6,8-11H2,1H3. The van der Waals surface area contributed by atoms with Crippen LogP contribution in [-0.4, -0.2) is 71.2 Å². The fourth-order valence-electron chi connectivity index (χ4n) is 3.49. The number of aliphatic hydroxyl groups is 1. The summed E-state index contributed by atoms with van der Waals surface area (Å²) in [5.74, 6) is 0.345. The van der Waals surface area contributed by atoms with Gasteiger partial charge < -0.3 is 14.7 Å². The number of methoxy groups -OCH3 is 1. The van der Waals surface area contributed by atoms with Crippen molar-refractivity contribution >= 4 is 5.91 Å². The van der Waals surface area contributed by atoms with Crippen LogP contribution in [-0.2, 0) is 0 Å². The van der Waals surface area contributed by atoms with E-state index < -0.39 is 0 Å². The largest absolute Gasteiger partial charge is 0.480 e. The Balaban J connectivity index is 1.62. The molecule has 1 aliphatic carbocycles. The number of piperazine rings is 1. The first-order valence-electron chi connectivity index (χ1n) is 7.91. The highest BCUT2D eigenvalue weighted by Gasteiger charge is 2.33. The van der Waals surface area contributed by atoms with Gasteiger partial charge in [-0.15, -0.1) is 0 Å². The fourth-order valence-corrected chi connectivity index (χ4v) is 3.49. The molecule has 6 heteroatoms. The zero-order valence-electron chi connectivity index (χ0n) is 12.9. The Bertz CT molecular complexity index is 529. The van der Waals surface area contributed by atoms with Crippen LogP contribution in [0, 0.1) is 0 Å². The summed E-state index contributed by atoms with van der Waals surface area (Å²) in [5, 5.41) is 10.0. The molecule has 1 amide bonds. The van der Waals surface area contributed by atoms with Gasteiger partial charge in [-0.05, 0) is 31.4 Å². The summed E-state index contributed by atoms with van der Waals surface area (Å²) >= 11 is 0. The minimum absolute atomic E-state index is 0.0310. The first-order chi connectivity index (χ1) is 10.7. The zero-order valence-corrected chi connectivity index (χ0v) is 12.9. The highest BCUT2D eigenvalue weighted by atomic mass is 16.5. The number of rotatable bonds is 3. The summed E-state index contributed by atoms with van der Waals surface area (Å²) in [6.45, 7) is 2.99. The maximum absolute atomic E-state index is 12.6. The summed E-state index contributed by atoms with van der Waals surface area (Å²) in [6.07, 6.45) is 4.47. The van der Waals surface area contributed by atoms with Gasteiger partial charge in [0, 0.05) is 38.4 Å². The fraction of sp³-hybridized carbons (Fsp3) is 0.625. The number of aromatic nitrogens is 1. The number of pyridine rings is 1. The molecule has 0 bridgehead atoms. The molecule has 1 N–H and O–H groups in total. The molecule has 0 spiro atoms. The predicted molar refractivity (Wildman–Crippen MR) is 81.9 cm³/mol. The van der Waals surface area contributed by atoms with E-state index in [9.17, 15) is 9.90 Å². The molecule has 2 aliphatic rings. The Morgan fingerprint density at radius 2 is 2.09 bits per heavy atom. The number of carbonyl (C=O) groups is 1. The lowest BCUT2D eigenvalue weighted by atomic mass is 10.1. The maximum atomic E-state index is 12.6. The number of nitrogens with zero attached hydrogens (tertiary/aromatic N) is 3. The molecule has 3 rings (SSSR count). The van der Waals surface area contributed by atoms with Crippen molar-refractivity contribution in [3.63, 3.8) is 0 Å². The van der Waals surface area contributed by atoms with Crippen LogP contribution < -0.4 is 4.74 Å². The van der Waals surface area contributed by atoms with Crippen molar-refractivity contribution in [3.8, 4) is 5.88 Å². The van der Waals surface area contributed by atoms with Crippen molar-refractivity contribution < 1.29 is 14.6 Å². The number of hydrogen-bond donors (Lipinski definition) is 1. The van der Waals surface area contributed by atoms with E-state index in [1.807, 2.05) is 4.90 Å². The molecule has 2 fully saturated rings. The van der Waals surface area contributed by atoms with Crippen LogP contribution in [0.3, 0.4) is 0 Å². The van der Waals surface area contributed by atoms with Crippen molar-refractivity contribution in [3.05, 3.63) is 23.9 Å². The summed E-state index contributed by atoms with van der Waals surface area (Å²) in [6, 6.07) is 3.77. The molecule has 120 valence electrons. The number of carbonyl (C=O) groups excluding carboxylic acids is 1. The molecule has 1 aromatic rings. The third-order valence-corrected chi connectivity index (χ3v) is 4.71. The van der Waals surface area contributed by atoms with Gasteiger partial charge in [0.05, 0.1) is 13.2 Å². The van der Waals surface area contributed by atoms with Gasteiger partial charge in [-0.1, -0.05) is 0 Å². The van der Waals surface area contributed by atoms with Crippen LogP contribution >= 0.6 is 0 Å². The molecular formula is C16H23N3O3. The van der Waals surface area contributed by atoms with Crippen LogP contribution in [0.5, 0.6) is 5.88 Å². The first-order valence-corrected chi connectivity index (χ1v) is 7.91. The molecule has 0 radical (unpaired) electrons. The third kappa shape index (κ3) is 2.94. The zero-order chi connectivity index (χ0) is 15.5. The van der Waals surface area contributed by atoms with Gasteiger partial charge in [-0.25, -0.2) is 4.98 Å². The van der Waals surface area contributed by atoms with Crippen molar-refractivity contribution in [2.24, 2.45) is 0 Å². The molecule has 1 saturated heterocycles. The average molecular weight is 305 g/mol. The third-order valence-electron chi connectivity index (χ3n) is 4.71. The van der Waals surface area contributed by atoms with Gasteiger partial charge in [0.1, 0.15) is 5.56 Å². The first kappa shape index (κ1) is 15.2. The van der Waals surface area contributed by atoms with E-state index >= 15 is 0 Å². The molecule has 6 nitrogen and oxygen atoms in total. The van der Waals surface area contributed by atoms with Gasteiger partial charge >= 0.3 is 0 Å². The van der Waals surface area contributed by atoms with E-state index in [0.717, 1.165) is 32.4 Å². The number of hydrogen-bond acceptors (Lipinski definition) is 5. The summed E-state index contributed by atoms with van der Waals surface area (Å²) in [4.78, 5) is 20.9. The van der Waals surface area contributed by atoms with Crippen molar-refractivity contribution in [1.29, 1.82) is 0 Å². The summed E-state index contributed by atoms with van der Waals surface area (Å²) in [7, 11) is 1.53. The second-order valence-electron chi connectivity index (χ2n) is 5.95. The molecule has 22 heavy (non-hydrogen) atoms. The lowest BCUT2D eigenvalue weighted by molar-refractivity contribution is 0.0314. The molecular weight excluding hydrogens is 282 g/mol. The van der Waals surface area contributed by atoms with E-state index in [0.29, 0.717) is 24.5 Å². The molecule has 2 heterocycles. The van der Waals surface area contributed by atoms with Gasteiger partial charge in [-0.2, -0.15) is 0 Å². The maximum Gasteiger partial charge on any atom is 0.259 e. The van der Waals surface area contributed by atoms with Crippen molar-refractivity contribution in [2.75, 3.05) is 33.3 Å². The molecule has 2 atom stereocenters. The van der Waals surface area contributed by atoms with Crippen LogP contribution in [0.1, 0.15) is 29.6 Å². The molecule has 1 saturated carbocycles. The van der Waals surface area contributed by atoms with Crippen molar-refractivity contribution in [1.82, 2.24) is 14.8 Å². The van der Waals surface area contributed by atoms with Gasteiger partial charge in [0.2, 0.25) is 5.88 Å². The van der Waals surface area contributed by atoms with Gasteiger partial charge in [-0.3, -0.25) is 9.69 Å². The minimum Gasteiger partial charge on any atom is -0.480 e. The normalized spacial score (nSPS) is 26.2. The number of amides is 1. The topological polar surface area (TPSA) is 65.9 Å². The van der Waals surface area contributed by atoms with Gasteiger partial charge in [0.25, 0.3) is 5.91 Å². The summed E-state index contributed by atoms with van der Waals surface area (Å²) in [5.41, 5.74) is 0.513. The molecule has 1 aromatic heterocycles. The lowest BCUT2D eigenvalue weighted by Crippen LogP contribution is -2.53. The van der Waals surface area contributed by atoms with Crippen LogP contribution in [0.15, 0.2) is 18.3 Å². The van der Waals surface area contributed by atoms with E-state index in [4.69, 9.17) is 4.74 Å². The van der Waals surface area contributed by atoms with Crippen LogP contribution in [0.2, 0.25) is 0 Å². The monoisotopic (exact) mass is 305 g/mol. The smallest absolute Gasteiger partial charge is 0.259 e. The summed E-state index contributed by atoms with van der Waals surface area (Å²) < 4.78 is 5.17. The SMILES string of the molecule is COc1ncccc1C(=O)N1CCN(C2CCCC2O)CC1. The Morgan fingerprint density at radius 1 is 1.32 bits per heavy atom. The second-order valence-corrected chi connectivity index (χ2v) is 5.95. The Labute approximate surface area is 130 Å². The highest BCUT2D eigenvalue weighted by Crippen LogP contribution is 2.25. The number of aliphatic hydroxyl groups excluding tert-OH is 1. The minimum atomic E-state index is -0.208. The molecule has 0 aromatic carbocycles. The predicted octanol–water partition coefficient (Wildman–Crippen LogP) is 0.761. The van der Waals surface area contributed by atoms with Crippen LogP contribution in [0.4, 0.5) is 0 Å². The molecule has 1 aliphatic heterocycles. The van der Waals surface area contributed by atoms with E-state index in [1.54, 1.807) is 18.3 Å². The Morgan fingerprint density at radius 3 is 2.73 bits per heavy atom. The Hall–Kier alpha value is -1.66. The van der Waals surface area contributed by atoms with Crippen LogP contribution in [0.25, 0.3) is 0 Å². The average Bonchev–Trinajstić information content (AvgIpc) is 3.00.